The molecule has 0 N–H and O–H groups in total. The van der Waals surface area contributed by atoms with Gasteiger partial charge in [-0.1, -0.05) is 11.8 Å². The SMILES string of the molecule is CC([C]=O)Sc1nnnn1CCN(C)C. The Morgan fingerprint density at radius 2 is 2.33 bits per heavy atom. The zero-order chi connectivity index (χ0) is 11.3. The number of likely N-dealkylation sites (N-methyl/N-ethyl adjacent to an activating group) is 1. The first-order valence-electron chi connectivity index (χ1n) is 4.58. The Morgan fingerprint density at radius 3 is 2.93 bits per heavy atom. The van der Waals surface area contributed by atoms with Gasteiger partial charge < -0.3 is 4.90 Å². The van der Waals surface area contributed by atoms with E-state index in [1.54, 1.807) is 11.6 Å². The van der Waals surface area contributed by atoms with Gasteiger partial charge in [0.25, 0.3) is 0 Å². The molecule has 0 aromatic carbocycles. The van der Waals surface area contributed by atoms with Crippen LogP contribution < -0.4 is 0 Å². The van der Waals surface area contributed by atoms with Gasteiger partial charge in [-0.05, 0) is 31.4 Å². The molecule has 0 aliphatic heterocycles. The van der Waals surface area contributed by atoms with Crippen LogP contribution in [0.2, 0.25) is 0 Å². The number of hydrogen-bond acceptors (Lipinski definition) is 6. The lowest BCUT2D eigenvalue weighted by molar-refractivity contribution is 0.361. The van der Waals surface area contributed by atoms with Gasteiger partial charge in [0.2, 0.25) is 11.4 Å². The Bertz CT molecular complexity index is 314. The third kappa shape index (κ3) is 3.96. The Balaban J connectivity index is 2.56. The van der Waals surface area contributed by atoms with Gasteiger partial charge in [-0.15, -0.1) is 5.10 Å². The Morgan fingerprint density at radius 1 is 1.60 bits per heavy atom. The molecular weight excluding hydrogens is 214 g/mol. The molecule has 0 aliphatic carbocycles. The lowest BCUT2D eigenvalue weighted by Gasteiger charge is -2.09. The molecule has 0 bridgehead atoms. The third-order valence-corrected chi connectivity index (χ3v) is 2.66. The van der Waals surface area contributed by atoms with Crippen molar-refractivity contribution < 1.29 is 4.79 Å². The van der Waals surface area contributed by atoms with Crippen LogP contribution in [-0.2, 0) is 11.3 Å². The van der Waals surface area contributed by atoms with Crippen LogP contribution in [0, 0.1) is 0 Å². The zero-order valence-corrected chi connectivity index (χ0v) is 9.86. The van der Waals surface area contributed by atoms with E-state index in [4.69, 9.17) is 0 Å². The van der Waals surface area contributed by atoms with Crippen LogP contribution in [0.15, 0.2) is 5.16 Å². The molecule has 83 valence electrons. The molecule has 1 radical (unpaired) electrons. The predicted molar refractivity (Wildman–Crippen MR) is 57.4 cm³/mol. The van der Waals surface area contributed by atoms with Gasteiger partial charge in [0, 0.05) is 6.54 Å². The zero-order valence-electron chi connectivity index (χ0n) is 9.04. The molecular formula is C8H14N5OS. The first-order valence-corrected chi connectivity index (χ1v) is 5.46. The molecule has 1 aromatic rings. The standard InChI is InChI=1S/C8H14N5OS/c1-7(6-14)15-8-9-10-11-13(8)5-4-12(2)3/h7H,4-5H2,1-3H3. The number of hydrogen-bond donors (Lipinski definition) is 0. The van der Waals surface area contributed by atoms with Crippen molar-refractivity contribution >= 4 is 18.0 Å². The minimum Gasteiger partial charge on any atom is -0.308 e. The highest BCUT2D eigenvalue weighted by Crippen LogP contribution is 2.17. The van der Waals surface area contributed by atoms with E-state index in [9.17, 15) is 4.79 Å². The smallest absolute Gasteiger partial charge is 0.212 e. The number of rotatable bonds is 6. The fourth-order valence-electron chi connectivity index (χ4n) is 0.898. The second-order valence-corrected chi connectivity index (χ2v) is 4.67. The van der Waals surface area contributed by atoms with Crippen LogP contribution in [0.4, 0.5) is 0 Å². The summed E-state index contributed by atoms with van der Waals surface area (Å²) in [4.78, 5) is 12.4. The van der Waals surface area contributed by atoms with Crippen LogP contribution in [0.3, 0.4) is 0 Å². The van der Waals surface area contributed by atoms with Crippen molar-refractivity contribution in [2.24, 2.45) is 0 Å². The fraction of sp³-hybridized carbons (Fsp3) is 0.750. The van der Waals surface area contributed by atoms with Gasteiger partial charge in [-0.25, -0.2) is 4.68 Å². The van der Waals surface area contributed by atoms with Gasteiger partial charge >= 0.3 is 0 Å². The minimum atomic E-state index is -0.242. The van der Waals surface area contributed by atoms with E-state index in [0.717, 1.165) is 6.54 Å². The summed E-state index contributed by atoms with van der Waals surface area (Å²) >= 11 is 1.31. The Labute approximate surface area is 93.0 Å². The highest BCUT2D eigenvalue weighted by atomic mass is 32.2. The van der Waals surface area contributed by atoms with Crippen molar-refractivity contribution in [2.45, 2.75) is 23.9 Å². The molecule has 0 saturated carbocycles. The Hall–Kier alpha value is -0.950. The third-order valence-electron chi connectivity index (χ3n) is 1.71. The van der Waals surface area contributed by atoms with Crippen molar-refractivity contribution in [3.8, 4) is 0 Å². The Kier molecular flexibility index (Phi) is 4.70. The van der Waals surface area contributed by atoms with Gasteiger partial charge in [-0.2, -0.15) is 0 Å². The summed E-state index contributed by atoms with van der Waals surface area (Å²) < 4.78 is 1.69. The van der Waals surface area contributed by atoms with Crippen molar-refractivity contribution in [1.29, 1.82) is 0 Å². The molecule has 7 heteroatoms. The first kappa shape index (κ1) is 12.1. The molecule has 1 atom stereocenters. The largest absolute Gasteiger partial charge is 0.308 e. The highest BCUT2D eigenvalue weighted by Gasteiger charge is 2.11. The lowest BCUT2D eigenvalue weighted by Crippen LogP contribution is -2.19. The normalized spacial score (nSPS) is 13.1. The molecule has 0 fully saturated rings. The second-order valence-electron chi connectivity index (χ2n) is 3.37. The van der Waals surface area contributed by atoms with E-state index < -0.39 is 0 Å². The number of aromatic nitrogens is 4. The summed E-state index contributed by atoms with van der Waals surface area (Å²) in [6, 6.07) is 0. The van der Waals surface area contributed by atoms with Crippen molar-refractivity contribution in [1.82, 2.24) is 25.1 Å². The van der Waals surface area contributed by atoms with Gasteiger partial charge in [0.15, 0.2) is 0 Å². The maximum Gasteiger partial charge on any atom is 0.212 e. The second kappa shape index (κ2) is 5.82. The summed E-state index contributed by atoms with van der Waals surface area (Å²) in [5.74, 6) is 0. The maximum absolute atomic E-state index is 10.4. The summed E-state index contributed by atoms with van der Waals surface area (Å²) in [5, 5.41) is 11.7. The number of carbonyl (C=O) groups excluding carboxylic acids is 1. The quantitative estimate of drug-likeness (QED) is 0.630. The van der Waals surface area contributed by atoms with E-state index in [0.29, 0.717) is 11.7 Å². The van der Waals surface area contributed by atoms with Crippen LogP contribution in [0.5, 0.6) is 0 Å². The number of thioether (sulfide) groups is 1. The molecule has 0 amide bonds. The molecule has 0 aliphatic rings. The fourth-order valence-corrected chi connectivity index (χ4v) is 1.60. The van der Waals surface area contributed by atoms with Crippen molar-refractivity contribution in [2.75, 3.05) is 20.6 Å². The molecule has 1 aromatic heterocycles. The minimum absolute atomic E-state index is 0.242. The molecule has 1 unspecified atom stereocenters. The highest BCUT2D eigenvalue weighted by molar-refractivity contribution is 8.00. The van der Waals surface area contributed by atoms with Crippen LogP contribution >= 0.6 is 11.8 Å². The lowest BCUT2D eigenvalue weighted by atomic mass is 10.5. The van der Waals surface area contributed by atoms with E-state index in [-0.39, 0.29) is 5.25 Å². The molecule has 0 spiro atoms. The summed E-state index contributed by atoms with van der Waals surface area (Å²) in [7, 11) is 3.97. The molecule has 6 nitrogen and oxygen atoms in total. The number of tetrazole rings is 1. The van der Waals surface area contributed by atoms with Gasteiger partial charge in [0.1, 0.15) is 0 Å². The van der Waals surface area contributed by atoms with Crippen molar-refractivity contribution in [3.63, 3.8) is 0 Å². The van der Waals surface area contributed by atoms with Crippen LogP contribution in [-0.4, -0.2) is 57.3 Å². The summed E-state index contributed by atoms with van der Waals surface area (Å²) in [6.07, 6.45) is 1.89. The molecule has 15 heavy (non-hydrogen) atoms. The average molecular weight is 228 g/mol. The molecule has 1 rings (SSSR count). The molecule has 0 saturated heterocycles. The van der Waals surface area contributed by atoms with Gasteiger partial charge in [-0.3, -0.25) is 4.79 Å². The average Bonchev–Trinajstić information content (AvgIpc) is 2.62. The topological polar surface area (TPSA) is 63.9 Å². The van der Waals surface area contributed by atoms with Crippen LogP contribution in [0.1, 0.15) is 6.92 Å². The maximum atomic E-state index is 10.4. The van der Waals surface area contributed by atoms with E-state index >= 15 is 0 Å². The summed E-state index contributed by atoms with van der Waals surface area (Å²) in [6.45, 7) is 3.34. The first-order chi connectivity index (χ1) is 7.13. The van der Waals surface area contributed by atoms with Crippen molar-refractivity contribution in [3.05, 3.63) is 0 Å². The van der Waals surface area contributed by atoms with E-state index in [1.165, 1.54) is 11.8 Å². The monoisotopic (exact) mass is 228 g/mol. The molecule has 1 heterocycles. The predicted octanol–water partition coefficient (Wildman–Crippen LogP) is -0.175. The summed E-state index contributed by atoms with van der Waals surface area (Å²) in [5.41, 5.74) is 0. The van der Waals surface area contributed by atoms with E-state index in [1.807, 2.05) is 25.3 Å². The number of nitrogens with zero attached hydrogens (tertiary/aromatic N) is 5. The van der Waals surface area contributed by atoms with Gasteiger partial charge in [0.05, 0.1) is 11.8 Å². The van der Waals surface area contributed by atoms with Crippen LogP contribution in [0.25, 0.3) is 0 Å². The van der Waals surface area contributed by atoms with E-state index in [2.05, 4.69) is 15.5 Å².